The third-order valence-electron chi connectivity index (χ3n) is 8.35. The van der Waals surface area contributed by atoms with Crippen LogP contribution in [0.5, 0.6) is 5.75 Å². The summed E-state index contributed by atoms with van der Waals surface area (Å²) in [5.74, 6) is 1.78. The van der Waals surface area contributed by atoms with E-state index in [0.717, 1.165) is 38.2 Å². The first-order valence-electron chi connectivity index (χ1n) is 11.2. The zero-order chi connectivity index (χ0) is 20.8. The second-order valence-corrected chi connectivity index (χ2v) is 10.8. The summed E-state index contributed by atoms with van der Waals surface area (Å²) >= 11 is 1.59. The second-order valence-electron chi connectivity index (χ2n) is 9.80. The van der Waals surface area contributed by atoms with Gasteiger partial charge in [-0.1, -0.05) is 18.2 Å². The van der Waals surface area contributed by atoms with Gasteiger partial charge in [-0.15, -0.1) is 11.3 Å². The summed E-state index contributed by atoms with van der Waals surface area (Å²) < 4.78 is 7.23. The fourth-order valence-electron chi connectivity index (χ4n) is 7.26. The minimum atomic E-state index is -0.959. The lowest BCUT2D eigenvalue weighted by Gasteiger charge is -2.68. The van der Waals surface area contributed by atoms with Crippen molar-refractivity contribution < 1.29 is 19.6 Å². The molecule has 8 rings (SSSR count). The lowest BCUT2D eigenvalue weighted by molar-refractivity contribution is -0.645. The molecule has 1 saturated heterocycles. The summed E-state index contributed by atoms with van der Waals surface area (Å²) in [6, 6.07) is 13.8. The van der Waals surface area contributed by atoms with Crippen LogP contribution in [0.25, 0.3) is 20.8 Å². The molecule has 1 unspecified atom stereocenters. The van der Waals surface area contributed by atoms with Gasteiger partial charge in [-0.05, 0) is 80.0 Å². The number of fused-ring (bicyclic) bond motifs is 1. The first-order chi connectivity index (χ1) is 15.1. The summed E-state index contributed by atoms with van der Waals surface area (Å²) in [5.41, 5.74) is 2.06. The van der Waals surface area contributed by atoms with Crippen LogP contribution in [0, 0.1) is 23.7 Å². The van der Waals surface area contributed by atoms with Crippen molar-refractivity contribution in [2.45, 2.75) is 43.5 Å². The molecule has 2 heterocycles. The summed E-state index contributed by atoms with van der Waals surface area (Å²) in [6.07, 6.45) is 6.14. The van der Waals surface area contributed by atoms with Crippen LogP contribution in [0.4, 0.5) is 0 Å². The fraction of sp³-hybridized carbons (Fsp3) is 0.480. The average Bonchev–Trinajstić information content (AvgIpc) is 3.17. The molecule has 0 radical (unpaired) electrons. The van der Waals surface area contributed by atoms with Crippen LogP contribution < -0.4 is 0 Å². The third-order valence-corrected chi connectivity index (χ3v) is 9.42. The average molecular weight is 436 g/mol. The maximum absolute atomic E-state index is 11.0. The van der Waals surface area contributed by atoms with E-state index >= 15 is 0 Å². The van der Waals surface area contributed by atoms with E-state index in [1.54, 1.807) is 24.5 Å². The van der Waals surface area contributed by atoms with Crippen LogP contribution in [-0.2, 0) is 20.3 Å². The van der Waals surface area contributed by atoms with Crippen molar-refractivity contribution in [2.24, 2.45) is 23.7 Å². The minimum absolute atomic E-state index is 0.197. The molecule has 1 aromatic heterocycles. The van der Waals surface area contributed by atoms with E-state index in [-0.39, 0.29) is 5.75 Å². The topological polar surface area (TPSA) is 60.8 Å². The Kier molecular flexibility index (Phi) is 3.77. The Morgan fingerprint density at radius 1 is 1.00 bits per heavy atom. The van der Waals surface area contributed by atoms with E-state index in [4.69, 9.17) is 19.5 Å². The Hall–Kier alpha value is -1.99. The molecular formula is C25H25NO4S. The molecule has 5 nitrogen and oxygen atoms in total. The van der Waals surface area contributed by atoms with Gasteiger partial charge in [-0.3, -0.25) is 0 Å². The molecule has 31 heavy (non-hydrogen) atoms. The molecule has 6 heteroatoms. The molecule has 3 aromatic rings. The third kappa shape index (κ3) is 2.29. The van der Waals surface area contributed by atoms with Gasteiger partial charge in [0.25, 0.3) is 5.79 Å². The predicted octanol–water partition coefficient (Wildman–Crippen LogP) is 5.62. The van der Waals surface area contributed by atoms with E-state index in [0.29, 0.717) is 11.8 Å². The van der Waals surface area contributed by atoms with Crippen molar-refractivity contribution in [1.29, 1.82) is 0 Å². The zero-order valence-electron chi connectivity index (χ0n) is 17.4. The summed E-state index contributed by atoms with van der Waals surface area (Å²) in [7, 11) is 1.70. The number of phenolic OH excluding ortho intramolecular Hbond substituents is 1. The van der Waals surface area contributed by atoms with Crippen LogP contribution in [-0.4, -0.2) is 22.8 Å². The van der Waals surface area contributed by atoms with Crippen LogP contribution in [0.1, 0.15) is 37.7 Å². The van der Waals surface area contributed by atoms with Gasteiger partial charge >= 0.3 is 0 Å². The normalized spacial score (nSPS) is 38.1. The monoisotopic (exact) mass is 435 g/mol. The molecule has 0 amide bonds. The van der Waals surface area contributed by atoms with Gasteiger partial charge in [0.05, 0.1) is 15.8 Å². The molecule has 2 aromatic carbocycles. The SMILES string of the molecule is COC1(c2ccc(-c3nc4ccccc4s3)c(O)c2)OOC12C1CC3CC(C1)CC2C3. The van der Waals surface area contributed by atoms with Crippen molar-refractivity contribution in [2.75, 3.05) is 7.11 Å². The van der Waals surface area contributed by atoms with Gasteiger partial charge in [-0.2, -0.15) is 4.89 Å². The molecule has 160 valence electrons. The Bertz CT molecular complexity index is 1120. The largest absolute Gasteiger partial charge is 0.507 e. The summed E-state index contributed by atoms with van der Waals surface area (Å²) in [5, 5.41) is 11.8. The Morgan fingerprint density at radius 3 is 2.35 bits per heavy atom. The van der Waals surface area contributed by atoms with Crippen molar-refractivity contribution in [3.05, 3.63) is 48.0 Å². The van der Waals surface area contributed by atoms with E-state index in [9.17, 15) is 5.11 Å². The van der Waals surface area contributed by atoms with Gasteiger partial charge in [0.1, 0.15) is 10.8 Å². The van der Waals surface area contributed by atoms with Gasteiger partial charge in [0.2, 0.25) is 0 Å². The number of benzene rings is 2. The number of aromatic hydroxyl groups is 1. The van der Waals surface area contributed by atoms with Crippen LogP contribution in [0.2, 0.25) is 0 Å². The second kappa shape index (κ2) is 6.29. The van der Waals surface area contributed by atoms with Crippen LogP contribution in [0.15, 0.2) is 42.5 Å². The molecule has 4 saturated carbocycles. The maximum Gasteiger partial charge on any atom is 0.260 e. The highest BCUT2D eigenvalue weighted by Gasteiger charge is 2.76. The number of nitrogens with zero attached hydrogens (tertiary/aromatic N) is 1. The van der Waals surface area contributed by atoms with Gasteiger partial charge in [0.15, 0.2) is 5.60 Å². The molecule has 1 aliphatic heterocycles. The van der Waals surface area contributed by atoms with Crippen molar-refractivity contribution in [3.63, 3.8) is 0 Å². The van der Waals surface area contributed by atoms with Crippen molar-refractivity contribution in [3.8, 4) is 16.3 Å². The number of hydrogen-bond acceptors (Lipinski definition) is 6. The van der Waals surface area contributed by atoms with Gasteiger partial charge in [0, 0.05) is 12.7 Å². The minimum Gasteiger partial charge on any atom is -0.507 e. The Labute approximate surface area is 184 Å². The van der Waals surface area contributed by atoms with Crippen LogP contribution in [0.3, 0.4) is 0 Å². The molecule has 5 fully saturated rings. The Balaban J connectivity index is 1.30. The number of methoxy groups -OCH3 is 1. The predicted molar refractivity (Wildman–Crippen MR) is 117 cm³/mol. The number of hydrogen-bond donors (Lipinski definition) is 1. The van der Waals surface area contributed by atoms with Crippen molar-refractivity contribution in [1.82, 2.24) is 4.98 Å². The highest BCUT2D eigenvalue weighted by atomic mass is 32.1. The van der Waals surface area contributed by atoms with E-state index in [1.807, 2.05) is 30.3 Å². The highest BCUT2D eigenvalue weighted by Crippen LogP contribution is 2.69. The molecule has 4 aliphatic carbocycles. The lowest BCUT2D eigenvalue weighted by Crippen LogP contribution is -2.76. The molecule has 1 spiro atoms. The van der Waals surface area contributed by atoms with Gasteiger partial charge in [-0.25, -0.2) is 9.87 Å². The number of aromatic nitrogens is 1. The van der Waals surface area contributed by atoms with Gasteiger partial charge < -0.3 is 9.84 Å². The first kappa shape index (κ1) is 18.6. The number of ether oxygens (including phenoxy) is 1. The fourth-order valence-corrected chi connectivity index (χ4v) is 8.26. The van der Waals surface area contributed by atoms with E-state index in [2.05, 4.69) is 6.07 Å². The van der Waals surface area contributed by atoms with E-state index in [1.165, 1.54) is 32.1 Å². The van der Waals surface area contributed by atoms with Crippen molar-refractivity contribution >= 4 is 21.6 Å². The Morgan fingerprint density at radius 2 is 1.74 bits per heavy atom. The lowest BCUT2D eigenvalue weighted by atomic mass is 9.47. The number of rotatable bonds is 3. The number of phenols is 1. The summed E-state index contributed by atoms with van der Waals surface area (Å²) in [4.78, 5) is 16.6. The quantitative estimate of drug-likeness (QED) is 0.541. The first-order valence-corrected chi connectivity index (χ1v) is 12.1. The molecule has 1 atom stereocenters. The highest BCUT2D eigenvalue weighted by molar-refractivity contribution is 7.21. The summed E-state index contributed by atoms with van der Waals surface area (Å²) in [6.45, 7) is 0. The molecule has 5 aliphatic rings. The number of thiazole rings is 1. The zero-order valence-corrected chi connectivity index (χ0v) is 18.2. The maximum atomic E-state index is 11.0. The van der Waals surface area contributed by atoms with Crippen LogP contribution >= 0.6 is 11.3 Å². The smallest absolute Gasteiger partial charge is 0.260 e. The standard InChI is InChI=1S/C25H25NO4S/c1-28-25(24(29-30-25)17-9-14-8-15(11-17)12-18(24)10-14)16-6-7-19(21(27)13-16)23-26-20-4-2-3-5-22(20)31-23/h2-7,13-15,17-18,27H,8-12H2,1H3. The number of para-hydroxylation sites is 1. The molecule has 4 bridgehead atoms. The molecule has 1 N–H and O–H groups in total. The van der Waals surface area contributed by atoms with E-state index < -0.39 is 11.4 Å². The molecular weight excluding hydrogens is 410 g/mol.